The molecule has 0 aliphatic rings. The zero-order chi connectivity index (χ0) is 15.4. The summed E-state index contributed by atoms with van der Waals surface area (Å²) in [5.74, 6) is -2.14. The maximum absolute atomic E-state index is 14.0. The van der Waals surface area contributed by atoms with Crippen LogP contribution in [-0.2, 0) is 12.8 Å². The van der Waals surface area contributed by atoms with Gasteiger partial charge in [0.05, 0.1) is 11.3 Å². The van der Waals surface area contributed by atoms with Crippen molar-refractivity contribution in [2.75, 3.05) is 5.32 Å². The Hall–Kier alpha value is -2.41. The van der Waals surface area contributed by atoms with E-state index in [1.807, 2.05) is 32.0 Å². The van der Waals surface area contributed by atoms with E-state index in [4.69, 9.17) is 5.26 Å². The molecule has 0 unspecified atom stereocenters. The SMILES string of the molecule is CCc1cccc(CC)c1Nc1ccc(C#N)c(F)c1F. The lowest BCUT2D eigenvalue weighted by molar-refractivity contribution is 0.509. The Bertz CT molecular complexity index is 680. The molecule has 0 atom stereocenters. The summed E-state index contributed by atoms with van der Waals surface area (Å²) in [7, 11) is 0. The van der Waals surface area contributed by atoms with E-state index < -0.39 is 11.6 Å². The molecule has 2 aromatic rings. The van der Waals surface area contributed by atoms with Gasteiger partial charge in [0.1, 0.15) is 6.07 Å². The summed E-state index contributed by atoms with van der Waals surface area (Å²) >= 11 is 0. The number of aryl methyl sites for hydroxylation is 2. The number of nitriles is 1. The van der Waals surface area contributed by atoms with Gasteiger partial charge in [-0.2, -0.15) is 5.26 Å². The normalized spacial score (nSPS) is 10.2. The van der Waals surface area contributed by atoms with E-state index in [1.165, 1.54) is 12.1 Å². The number of para-hydroxylation sites is 1. The number of nitrogens with zero attached hydrogens (tertiary/aromatic N) is 1. The highest BCUT2D eigenvalue weighted by Gasteiger charge is 2.15. The van der Waals surface area contributed by atoms with Crippen LogP contribution in [0.1, 0.15) is 30.5 Å². The van der Waals surface area contributed by atoms with Crippen molar-refractivity contribution in [2.24, 2.45) is 0 Å². The minimum atomic E-state index is -1.12. The van der Waals surface area contributed by atoms with Gasteiger partial charge in [0.15, 0.2) is 11.6 Å². The largest absolute Gasteiger partial charge is 0.353 e. The van der Waals surface area contributed by atoms with E-state index in [9.17, 15) is 8.78 Å². The summed E-state index contributed by atoms with van der Waals surface area (Å²) in [4.78, 5) is 0. The first-order valence-corrected chi connectivity index (χ1v) is 6.88. The summed E-state index contributed by atoms with van der Waals surface area (Å²) in [6.07, 6.45) is 1.58. The molecule has 0 bridgehead atoms. The minimum absolute atomic E-state index is 0.0436. The zero-order valence-corrected chi connectivity index (χ0v) is 12.0. The molecule has 0 saturated carbocycles. The maximum Gasteiger partial charge on any atom is 0.183 e. The van der Waals surface area contributed by atoms with Crippen LogP contribution in [0.4, 0.5) is 20.2 Å². The Morgan fingerprint density at radius 2 is 1.62 bits per heavy atom. The third-order valence-corrected chi connectivity index (χ3v) is 3.46. The van der Waals surface area contributed by atoms with Crippen molar-refractivity contribution in [2.45, 2.75) is 26.7 Å². The van der Waals surface area contributed by atoms with Crippen molar-refractivity contribution in [3.63, 3.8) is 0 Å². The average molecular weight is 286 g/mol. The highest BCUT2D eigenvalue weighted by atomic mass is 19.2. The molecule has 0 aliphatic heterocycles. The van der Waals surface area contributed by atoms with Gasteiger partial charge in [-0.3, -0.25) is 0 Å². The molecule has 0 radical (unpaired) electrons. The van der Waals surface area contributed by atoms with Crippen LogP contribution in [0.3, 0.4) is 0 Å². The van der Waals surface area contributed by atoms with Crippen LogP contribution in [0.25, 0.3) is 0 Å². The van der Waals surface area contributed by atoms with Crippen LogP contribution >= 0.6 is 0 Å². The number of anilines is 2. The first-order chi connectivity index (χ1) is 10.1. The number of halogens is 2. The first-order valence-electron chi connectivity index (χ1n) is 6.88. The standard InChI is InChI=1S/C17H16F2N2/c1-3-11-6-5-7-12(4-2)17(11)21-14-9-8-13(10-20)15(18)16(14)19/h5-9,21H,3-4H2,1-2H3. The highest BCUT2D eigenvalue weighted by molar-refractivity contribution is 5.68. The molecule has 2 rings (SSSR count). The average Bonchev–Trinajstić information content (AvgIpc) is 2.52. The number of benzene rings is 2. The van der Waals surface area contributed by atoms with Crippen molar-refractivity contribution in [1.29, 1.82) is 5.26 Å². The van der Waals surface area contributed by atoms with Crippen LogP contribution in [-0.4, -0.2) is 0 Å². The molecule has 0 heterocycles. The van der Waals surface area contributed by atoms with Crippen molar-refractivity contribution in [1.82, 2.24) is 0 Å². The van der Waals surface area contributed by atoms with E-state index >= 15 is 0 Å². The molecule has 0 fully saturated rings. The molecule has 108 valence electrons. The lowest BCUT2D eigenvalue weighted by atomic mass is 10.0. The van der Waals surface area contributed by atoms with Crippen LogP contribution in [0, 0.1) is 23.0 Å². The van der Waals surface area contributed by atoms with Crippen LogP contribution in [0.15, 0.2) is 30.3 Å². The second-order valence-corrected chi connectivity index (χ2v) is 4.68. The maximum atomic E-state index is 14.0. The molecule has 0 saturated heterocycles. The van der Waals surface area contributed by atoms with Crippen molar-refractivity contribution < 1.29 is 8.78 Å². The molecule has 2 nitrogen and oxygen atoms in total. The Kier molecular flexibility index (Phi) is 4.54. The van der Waals surface area contributed by atoms with Gasteiger partial charge in [0.2, 0.25) is 0 Å². The molecule has 0 amide bonds. The number of nitrogens with one attached hydrogen (secondary N) is 1. The topological polar surface area (TPSA) is 35.8 Å². The van der Waals surface area contributed by atoms with Gasteiger partial charge in [-0.1, -0.05) is 32.0 Å². The molecule has 2 aromatic carbocycles. The fourth-order valence-corrected chi connectivity index (χ4v) is 2.27. The van der Waals surface area contributed by atoms with Gasteiger partial charge in [-0.25, -0.2) is 8.78 Å². The number of rotatable bonds is 4. The summed E-state index contributed by atoms with van der Waals surface area (Å²) in [5.41, 5.74) is 2.64. The van der Waals surface area contributed by atoms with Gasteiger partial charge in [0, 0.05) is 5.69 Å². The molecule has 0 spiro atoms. The lowest BCUT2D eigenvalue weighted by Gasteiger charge is -2.16. The Morgan fingerprint density at radius 3 is 2.14 bits per heavy atom. The zero-order valence-electron chi connectivity index (χ0n) is 12.0. The number of hydrogen-bond donors (Lipinski definition) is 1. The van der Waals surface area contributed by atoms with E-state index in [0.717, 1.165) is 29.7 Å². The molecule has 1 N–H and O–H groups in total. The summed E-state index contributed by atoms with van der Waals surface area (Å²) in [6.45, 7) is 4.02. The summed E-state index contributed by atoms with van der Waals surface area (Å²) < 4.78 is 27.7. The van der Waals surface area contributed by atoms with Crippen LogP contribution in [0.5, 0.6) is 0 Å². The molecule has 21 heavy (non-hydrogen) atoms. The predicted octanol–water partition coefficient (Wildman–Crippen LogP) is 4.70. The second kappa shape index (κ2) is 6.36. The van der Waals surface area contributed by atoms with Gasteiger partial charge in [-0.05, 0) is 36.1 Å². The number of hydrogen-bond acceptors (Lipinski definition) is 2. The monoisotopic (exact) mass is 286 g/mol. The fourth-order valence-electron chi connectivity index (χ4n) is 2.27. The van der Waals surface area contributed by atoms with E-state index in [0.29, 0.717) is 0 Å². The Labute approximate surface area is 123 Å². The first kappa shape index (κ1) is 15.0. The minimum Gasteiger partial charge on any atom is -0.353 e. The highest BCUT2D eigenvalue weighted by Crippen LogP contribution is 2.29. The van der Waals surface area contributed by atoms with E-state index in [2.05, 4.69) is 5.32 Å². The van der Waals surface area contributed by atoms with Crippen LogP contribution < -0.4 is 5.32 Å². The molecular weight excluding hydrogens is 270 g/mol. The van der Waals surface area contributed by atoms with Gasteiger partial charge >= 0.3 is 0 Å². The van der Waals surface area contributed by atoms with E-state index in [1.54, 1.807) is 6.07 Å². The van der Waals surface area contributed by atoms with Crippen molar-refractivity contribution >= 4 is 11.4 Å². The quantitative estimate of drug-likeness (QED) is 0.884. The fraction of sp³-hybridized carbons (Fsp3) is 0.235. The molecular formula is C17H16F2N2. The third kappa shape index (κ3) is 2.87. The van der Waals surface area contributed by atoms with Gasteiger partial charge in [0.25, 0.3) is 0 Å². The predicted molar refractivity (Wildman–Crippen MR) is 79.6 cm³/mol. The smallest absolute Gasteiger partial charge is 0.183 e. The summed E-state index contributed by atoms with van der Waals surface area (Å²) in [6, 6.07) is 10.2. The second-order valence-electron chi connectivity index (χ2n) is 4.68. The molecule has 0 aromatic heterocycles. The molecule has 4 heteroatoms. The Balaban J connectivity index is 2.49. The van der Waals surface area contributed by atoms with Crippen molar-refractivity contribution in [3.05, 3.63) is 58.7 Å². The Morgan fingerprint density at radius 1 is 1.00 bits per heavy atom. The van der Waals surface area contributed by atoms with Crippen molar-refractivity contribution in [3.8, 4) is 6.07 Å². The van der Waals surface area contributed by atoms with E-state index in [-0.39, 0.29) is 11.3 Å². The lowest BCUT2D eigenvalue weighted by Crippen LogP contribution is -2.03. The third-order valence-electron chi connectivity index (χ3n) is 3.46. The van der Waals surface area contributed by atoms with Gasteiger partial charge < -0.3 is 5.32 Å². The molecule has 0 aliphatic carbocycles. The van der Waals surface area contributed by atoms with Gasteiger partial charge in [-0.15, -0.1) is 0 Å². The van der Waals surface area contributed by atoms with Crippen LogP contribution in [0.2, 0.25) is 0 Å². The summed E-state index contributed by atoms with van der Waals surface area (Å²) in [5, 5.41) is 11.7.